The summed E-state index contributed by atoms with van der Waals surface area (Å²) in [4.78, 5) is 0.0452. The molecule has 23 heavy (non-hydrogen) atoms. The normalized spacial score (nSPS) is 11.4. The van der Waals surface area contributed by atoms with Gasteiger partial charge in [-0.25, -0.2) is 13.6 Å². The number of nitrogens with two attached hydrogens (primary N) is 1. The zero-order chi connectivity index (χ0) is 16.9. The number of hydrogen-bond donors (Lipinski definition) is 2. The highest BCUT2D eigenvalue weighted by Crippen LogP contribution is 2.23. The van der Waals surface area contributed by atoms with Gasteiger partial charge in [0.05, 0.1) is 31.0 Å². The van der Waals surface area contributed by atoms with Gasteiger partial charge >= 0.3 is 0 Å². The Morgan fingerprint density at radius 1 is 1.09 bits per heavy atom. The maximum absolute atomic E-state index is 11.2. The molecule has 0 aromatic heterocycles. The van der Waals surface area contributed by atoms with Gasteiger partial charge in [-0.3, -0.25) is 5.43 Å². The van der Waals surface area contributed by atoms with Crippen molar-refractivity contribution in [3.63, 3.8) is 0 Å². The first-order chi connectivity index (χ1) is 10.9. The second-order valence-electron chi connectivity index (χ2n) is 4.55. The standard InChI is InChI=1S/C15H17N3O4S/c1-21-13-6-3-11(15(9-13)22-2)10-17-18-12-4-7-14(8-5-12)23(16,19)20/h3-10,18H,1-2H3,(H2,16,19,20)/b17-10+. The van der Waals surface area contributed by atoms with Crippen LogP contribution in [0, 0.1) is 0 Å². The van der Waals surface area contributed by atoms with E-state index in [-0.39, 0.29) is 4.90 Å². The Labute approximate surface area is 134 Å². The Hall–Kier alpha value is -2.58. The van der Waals surface area contributed by atoms with E-state index in [0.29, 0.717) is 17.2 Å². The summed E-state index contributed by atoms with van der Waals surface area (Å²) in [6.45, 7) is 0. The van der Waals surface area contributed by atoms with E-state index in [9.17, 15) is 8.42 Å². The molecule has 3 N–H and O–H groups in total. The lowest BCUT2D eigenvalue weighted by atomic mass is 10.2. The van der Waals surface area contributed by atoms with Crippen molar-refractivity contribution in [1.82, 2.24) is 0 Å². The number of rotatable bonds is 6. The van der Waals surface area contributed by atoms with Gasteiger partial charge in [-0.15, -0.1) is 0 Å². The van der Waals surface area contributed by atoms with Crippen LogP contribution in [0.15, 0.2) is 52.5 Å². The van der Waals surface area contributed by atoms with Crippen LogP contribution in [0.5, 0.6) is 11.5 Å². The van der Waals surface area contributed by atoms with Crippen LogP contribution in [0.2, 0.25) is 0 Å². The highest BCUT2D eigenvalue weighted by atomic mass is 32.2. The summed E-state index contributed by atoms with van der Waals surface area (Å²) in [6, 6.07) is 11.3. The molecular weight excluding hydrogens is 318 g/mol. The van der Waals surface area contributed by atoms with E-state index in [0.717, 1.165) is 5.56 Å². The third-order valence-electron chi connectivity index (χ3n) is 3.02. The summed E-state index contributed by atoms with van der Waals surface area (Å²) in [6.07, 6.45) is 1.59. The number of primary sulfonamides is 1. The third-order valence-corrected chi connectivity index (χ3v) is 3.95. The number of ether oxygens (including phenoxy) is 2. The molecule has 2 aromatic carbocycles. The van der Waals surface area contributed by atoms with Crippen molar-refractivity contribution in [3.05, 3.63) is 48.0 Å². The van der Waals surface area contributed by atoms with Crippen LogP contribution >= 0.6 is 0 Å². The zero-order valence-corrected chi connectivity index (χ0v) is 13.5. The smallest absolute Gasteiger partial charge is 0.238 e. The van der Waals surface area contributed by atoms with Crippen LogP contribution in [0.1, 0.15) is 5.56 Å². The average molecular weight is 335 g/mol. The maximum atomic E-state index is 11.2. The minimum atomic E-state index is -3.69. The molecule has 0 heterocycles. The van der Waals surface area contributed by atoms with E-state index < -0.39 is 10.0 Å². The Balaban J connectivity index is 2.10. The van der Waals surface area contributed by atoms with E-state index in [1.54, 1.807) is 44.7 Å². The number of anilines is 1. The second-order valence-corrected chi connectivity index (χ2v) is 6.11. The summed E-state index contributed by atoms with van der Waals surface area (Å²) in [5, 5.41) is 9.13. The predicted octanol–water partition coefficient (Wildman–Crippen LogP) is 1.80. The van der Waals surface area contributed by atoms with Crippen molar-refractivity contribution in [2.24, 2.45) is 10.2 Å². The monoisotopic (exact) mass is 335 g/mol. The Morgan fingerprint density at radius 2 is 1.78 bits per heavy atom. The molecule has 0 aliphatic rings. The molecule has 0 bridgehead atoms. The minimum absolute atomic E-state index is 0.0452. The molecule has 0 spiro atoms. The topological polar surface area (TPSA) is 103 Å². The molecule has 0 fully saturated rings. The number of methoxy groups -OCH3 is 2. The van der Waals surface area contributed by atoms with Crippen molar-refractivity contribution in [2.45, 2.75) is 4.90 Å². The summed E-state index contributed by atoms with van der Waals surface area (Å²) in [5.74, 6) is 1.31. The van der Waals surface area contributed by atoms with Gasteiger partial charge in [0.2, 0.25) is 10.0 Å². The molecule has 0 aliphatic carbocycles. The van der Waals surface area contributed by atoms with Crippen molar-refractivity contribution >= 4 is 21.9 Å². The van der Waals surface area contributed by atoms with E-state index in [4.69, 9.17) is 14.6 Å². The van der Waals surface area contributed by atoms with Gasteiger partial charge in [0.25, 0.3) is 0 Å². The van der Waals surface area contributed by atoms with Gasteiger partial charge in [0.1, 0.15) is 11.5 Å². The first-order valence-corrected chi connectivity index (χ1v) is 8.12. The van der Waals surface area contributed by atoms with Crippen LogP contribution in [-0.4, -0.2) is 28.9 Å². The second kappa shape index (κ2) is 7.12. The minimum Gasteiger partial charge on any atom is -0.497 e. The fourth-order valence-electron chi connectivity index (χ4n) is 1.82. The number of benzene rings is 2. The summed E-state index contributed by atoms with van der Waals surface area (Å²) in [7, 11) is -0.554. The highest BCUT2D eigenvalue weighted by Gasteiger charge is 2.06. The van der Waals surface area contributed by atoms with E-state index in [2.05, 4.69) is 10.5 Å². The van der Waals surface area contributed by atoms with E-state index in [1.807, 2.05) is 6.07 Å². The van der Waals surface area contributed by atoms with Crippen molar-refractivity contribution in [3.8, 4) is 11.5 Å². The van der Waals surface area contributed by atoms with Gasteiger partial charge in [-0.1, -0.05) is 0 Å². The summed E-state index contributed by atoms with van der Waals surface area (Å²) in [5.41, 5.74) is 4.19. The Kier molecular flexibility index (Phi) is 5.20. The number of nitrogens with zero attached hydrogens (tertiary/aromatic N) is 1. The highest BCUT2D eigenvalue weighted by molar-refractivity contribution is 7.89. The zero-order valence-electron chi connectivity index (χ0n) is 12.7. The predicted molar refractivity (Wildman–Crippen MR) is 88.6 cm³/mol. The van der Waals surface area contributed by atoms with Crippen molar-refractivity contribution in [2.75, 3.05) is 19.6 Å². The van der Waals surface area contributed by atoms with E-state index in [1.165, 1.54) is 12.1 Å². The summed E-state index contributed by atoms with van der Waals surface area (Å²) < 4.78 is 32.7. The first-order valence-electron chi connectivity index (χ1n) is 6.58. The molecule has 0 unspecified atom stereocenters. The van der Waals surface area contributed by atoms with Gasteiger partial charge in [0, 0.05) is 11.6 Å². The molecular formula is C15H17N3O4S. The number of nitrogens with one attached hydrogen (secondary N) is 1. The van der Waals surface area contributed by atoms with Crippen molar-refractivity contribution in [1.29, 1.82) is 0 Å². The molecule has 7 nitrogen and oxygen atoms in total. The van der Waals surface area contributed by atoms with Crippen LogP contribution in [0.3, 0.4) is 0 Å². The van der Waals surface area contributed by atoms with E-state index >= 15 is 0 Å². The molecule has 8 heteroatoms. The molecule has 122 valence electrons. The van der Waals surface area contributed by atoms with Gasteiger partial charge in [-0.2, -0.15) is 5.10 Å². The molecule has 0 amide bonds. The summed E-state index contributed by atoms with van der Waals surface area (Å²) >= 11 is 0. The quantitative estimate of drug-likeness (QED) is 0.619. The fourth-order valence-corrected chi connectivity index (χ4v) is 2.34. The van der Waals surface area contributed by atoms with Crippen LogP contribution < -0.4 is 20.0 Å². The lowest BCUT2D eigenvalue weighted by molar-refractivity contribution is 0.394. The van der Waals surface area contributed by atoms with Crippen molar-refractivity contribution < 1.29 is 17.9 Å². The third kappa shape index (κ3) is 4.44. The SMILES string of the molecule is COc1ccc(/C=N/Nc2ccc(S(N)(=O)=O)cc2)c(OC)c1. The van der Waals surface area contributed by atoms with Crippen LogP contribution in [-0.2, 0) is 10.0 Å². The van der Waals surface area contributed by atoms with Crippen LogP contribution in [0.4, 0.5) is 5.69 Å². The lowest BCUT2D eigenvalue weighted by Gasteiger charge is -2.07. The molecule has 0 saturated carbocycles. The van der Waals surface area contributed by atoms with Gasteiger partial charge < -0.3 is 9.47 Å². The number of sulfonamides is 1. The van der Waals surface area contributed by atoms with Gasteiger partial charge in [-0.05, 0) is 36.4 Å². The number of hydrogen-bond acceptors (Lipinski definition) is 6. The Bertz CT molecular complexity index is 802. The maximum Gasteiger partial charge on any atom is 0.238 e. The molecule has 0 saturated heterocycles. The Morgan fingerprint density at radius 3 is 2.35 bits per heavy atom. The average Bonchev–Trinajstić information content (AvgIpc) is 2.54. The van der Waals surface area contributed by atoms with Crippen LogP contribution in [0.25, 0.3) is 0 Å². The fraction of sp³-hybridized carbons (Fsp3) is 0.133. The van der Waals surface area contributed by atoms with Gasteiger partial charge in [0.15, 0.2) is 0 Å². The lowest BCUT2D eigenvalue weighted by Crippen LogP contribution is -2.11. The molecule has 0 atom stereocenters. The molecule has 2 aromatic rings. The number of hydrazone groups is 1. The molecule has 0 radical (unpaired) electrons. The molecule has 0 aliphatic heterocycles. The molecule has 2 rings (SSSR count). The largest absolute Gasteiger partial charge is 0.497 e. The first kappa shape index (κ1) is 16.8.